The van der Waals surface area contributed by atoms with Gasteiger partial charge in [0.2, 0.25) is 0 Å². The number of hydrogen-bond donors (Lipinski definition) is 0. The third-order valence-corrected chi connectivity index (χ3v) is 10.9. The van der Waals surface area contributed by atoms with Crippen LogP contribution in [0, 0.1) is 27.0 Å². The second-order valence-electron chi connectivity index (χ2n) is 14.5. The fraction of sp³-hybridized carbons (Fsp3) is 0.0333. The standard InChI is InChI=1S/2C29H21.2CH3.2ClH.H2Si.Zr/c2*1-5-13-22(14-6-1)26-21-27(23-15-7-2-8-16-23)29(25-19-11-4-12-20-25)28(26)24-17-9-3-10-18-24;;;;;;/h2*1-20,26H;2*1H3;2*1H;1H2;/q4*-1;;;;. The van der Waals surface area contributed by atoms with Crippen LogP contribution in [0.15, 0.2) is 243 Å². The molecule has 2 aliphatic rings. The Morgan fingerprint density at radius 2 is 0.484 bits per heavy atom. The number of benzene rings is 8. The van der Waals surface area contributed by atoms with Crippen molar-refractivity contribution in [2.75, 3.05) is 0 Å². The van der Waals surface area contributed by atoms with E-state index in [0.717, 1.165) is 0 Å². The zero-order chi connectivity index (χ0) is 40.9. The second-order valence-corrected chi connectivity index (χ2v) is 14.5. The molecule has 0 radical (unpaired) electrons. The van der Waals surface area contributed by atoms with Crippen LogP contribution in [-0.2, 0) is 23.3 Å². The van der Waals surface area contributed by atoms with Gasteiger partial charge < -0.3 is 14.9 Å². The van der Waals surface area contributed by atoms with Crippen LogP contribution in [0.5, 0.6) is 0 Å². The Morgan fingerprint density at radius 3 is 0.734 bits per heavy atom. The van der Waals surface area contributed by atoms with Crippen molar-refractivity contribution in [3.63, 3.8) is 0 Å². The van der Waals surface area contributed by atoms with E-state index in [1.807, 2.05) is 6.88 Å². The van der Waals surface area contributed by atoms with E-state index in [9.17, 15) is 0 Å². The van der Waals surface area contributed by atoms with Crippen LogP contribution in [-0.4, -0.2) is 6.88 Å². The summed E-state index contributed by atoms with van der Waals surface area (Å²) in [6.45, 7) is 1.95. The summed E-state index contributed by atoms with van der Waals surface area (Å²) in [6, 6.07) is 85.6. The van der Waals surface area contributed by atoms with Crippen molar-refractivity contribution in [2.45, 2.75) is 11.8 Å². The molecule has 4 heteroatoms. The number of halogens is 2. The molecule has 0 aromatic heterocycles. The van der Waals surface area contributed by atoms with Gasteiger partial charge in [0.15, 0.2) is 0 Å². The number of rotatable bonds is 8. The number of allylic oxidation sites excluding steroid dienone is 8. The van der Waals surface area contributed by atoms with E-state index in [4.69, 9.17) is 0 Å². The molecule has 0 saturated heterocycles. The summed E-state index contributed by atoms with van der Waals surface area (Å²) < 4.78 is 0. The van der Waals surface area contributed by atoms with Crippen molar-refractivity contribution in [3.8, 4) is 0 Å². The van der Waals surface area contributed by atoms with Crippen LogP contribution in [0.1, 0.15) is 56.3 Å². The summed E-state index contributed by atoms with van der Waals surface area (Å²) in [5, 5.41) is 0. The molecular formula is C60H52Cl2SiZr-4. The van der Waals surface area contributed by atoms with Gasteiger partial charge in [0, 0.05) is 0 Å². The molecule has 0 heterocycles. The fourth-order valence-electron chi connectivity index (χ4n) is 8.26. The molecule has 0 nitrogen and oxygen atoms in total. The molecule has 2 unspecified atom stereocenters. The Hall–Kier alpha value is -5.60. The van der Waals surface area contributed by atoms with Crippen LogP contribution in [0.3, 0.4) is 0 Å². The van der Waals surface area contributed by atoms with Gasteiger partial charge in [-0.25, -0.2) is 0 Å². The molecule has 0 spiro atoms. The summed E-state index contributed by atoms with van der Waals surface area (Å²) >= 11 is 1.58. The third-order valence-electron chi connectivity index (χ3n) is 10.9. The average molecular weight is 963 g/mol. The topological polar surface area (TPSA) is 0 Å². The molecule has 0 amide bonds. The summed E-state index contributed by atoms with van der Waals surface area (Å²) in [5.41, 5.74) is 17.5. The molecule has 64 heavy (non-hydrogen) atoms. The molecule has 10 rings (SSSR count). The molecular weight excluding hydrogens is 911 g/mol. The van der Waals surface area contributed by atoms with Crippen LogP contribution < -0.4 is 0 Å². The van der Waals surface area contributed by atoms with Gasteiger partial charge in [0.25, 0.3) is 0 Å². The summed E-state index contributed by atoms with van der Waals surface area (Å²) in [5.74, 6) is 0.202. The Kier molecular flexibility index (Phi) is 20.4. The van der Waals surface area contributed by atoms with Crippen molar-refractivity contribution in [1.82, 2.24) is 0 Å². The first kappa shape index (κ1) is 51.0. The van der Waals surface area contributed by atoms with Gasteiger partial charge in [0.1, 0.15) is 0 Å². The molecule has 318 valence electrons. The zero-order valence-corrected chi connectivity index (χ0v) is 41.8. The van der Waals surface area contributed by atoms with Gasteiger partial charge >= 0.3 is 30.2 Å². The Labute approximate surface area is 411 Å². The first-order chi connectivity index (χ1) is 29.8. The van der Waals surface area contributed by atoms with Crippen LogP contribution in [0.25, 0.3) is 33.4 Å². The molecule has 0 fully saturated rings. The van der Waals surface area contributed by atoms with E-state index in [1.54, 1.807) is 23.3 Å². The normalized spacial score (nSPS) is 14.5. The first-order valence-corrected chi connectivity index (χ1v) is 26.3. The van der Waals surface area contributed by atoms with Gasteiger partial charge in [-0.3, -0.25) is 0 Å². The van der Waals surface area contributed by atoms with Crippen LogP contribution in [0.4, 0.5) is 0 Å². The van der Waals surface area contributed by atoms with Crippen molar-refractivity contribution >= 4 is 65.1 Å². The summed E-state index contributed by atoms with van der Waals surface area (Å²) in [7, 11) is 0. The van der Waals surface area contributed by atoms with Crippen molar-refractivity contribution in [3.05, 3.63) is 314 Å². The molecule has 8 aromatic carbocycles. The molecule has 8 aromatic rings. The SMILES string of the molecule is Cl.Cl.[C-]1=C(c2ccccc2)C(c2ccccc2)=C(c2ccccc2)C1c1ccccc1.[C-]1=C(c2ccccc2)C(c2ccccc2)=C(c2ccccc2)C1c1ccccc1.[CH3-].[CH3-].[SiH2]=[Zr]. The predicted molar refractivity (Wildman–Crippen MR) is 280 cm³/mol. The molecule has 0 N–H and O–H groups in total. The quantitative estimate of drug-likeness (QED) is 0.105. The minimum absolute atomic E-state index is 0. The van der Waals surface area contributed by atoms with E-state index in [0.29, 0.717) is 0 Å². The van der Waals surface area contributed by atoms with E-state index in [1.165, 1.54) is 77.9 Å². The average Bonchev–Trinajstić information content (AvgIpc) is 3.96. The van der Waals surface area contributed by atoms with Crippen LogP contribution in [0.2, 0.25) is 0 Å². The molecule has 2 atom stereocenters. The fourth-order valence-corrected chi connectivity index (χ4v) is 8.26. The second kappa shape index (κ2) is 25.6. The molecule has 0 saturated carbocycles. The van der Waals surface area contributed by atoms with Crippen molar-refractivity contribution in [1.29, 1.82) is 0 Å². The predicted octanol–water partition coefficient (Wildman–Crippen LogP) is 15.4. The van der Waals surface area contributed by atoms with Crippen LogP contribution >= 0.6 is 24.8 Å². The molecule has 0 aliphatic heterocycles. The van der Waals surface area contributed by atoms with Gasteiger partial charge in [-0.15, -0.1) is 71.4 Å². The summed E-state index contributed by atoms with van der Waals surface area (Å²) in [4.78, 5) is 0. The third kappa shape index (κ3) is 11.6. The minimum atomic E-state index is 0. The number of hydrogen-bond acceptors (Lipinski definition) is 0. The summed E-state index contributed by atoms with van der Waals surface area (Å²) in [6.07, 6.45) is 7.73. The first-order valence-electron chi connectivity index (χ1n) is 20.4. The molecule has 0 bridgehead atoms. The van der Waals surface area contributed by atoms with Gasteiger partial charge in [-0.1, -0.05) is 241 Å². The van der Waals surface area contributed by atoms with Crippen molar-refractivity contribution in [2.24, 2.45) is 0 Å². The maximum absolute atomic E-state index is 3.86. The maximum atomic E-state index is 3.86. The Balaban J connectivity index is 0.000000255. The molecule has 2 aliphatic carbocycles. The Bertz CT molecular complexity index is 2540. The monoisotopic (exact) mass is 960 g/mol. The van der Waals surface area contributed by atoms with E-state index >= 15 is 0 Å². The van der Waals surface area contributed by atoms with Gasteiger partial charge in [-0.2, -0.15) is 23.3 Å². The van der Waals surface area contributed by atoms with Crippen molar-refractivity contribution < 1.29 is 23.3 Å². The van der Waals surface area contributed by atoms with E-state index in [2.05, 4.69) is 255 Å². The van der Waals surface area contributed by atoms with E-state index in [-0.39, 0.29) is 51.5 Å². The zero-order valence-electron chi connectivity index (χ0n) is 36.3. The van der Waals surface area contributed by atoms with E-state index < -0.39 is 0 Å². The Morgan fingerprint density at radius 1 is 0.281 bits per heavy atom. The van der Waals surface area contributed by atoms with Gasteiger partial charge in [0.05, 0.1) is 0 Å². The van der Waals surface area contributed by atoms with Gasteiger partial charge in [-0.05, 0) is 34.1 Å².